The number of allylic oxidation sites excluding steroid dienone is 1. The van der Waals surface area contributed by atoms with Crippen LogP contribution < -0.4 is 15.0 Å². The minimum absolute atomic E-state index is 0.0880. The predicted molar refractivity (Wildman–Crippen MR) is 141 cm³/mol. The molecule has 1 aliphatic heterocycles. The van der Waals surface area contributed by atoms with Gasteiger partial charge in [-0.3, -0.25) is 9.89 Å². The van der Waals surface area contributed by atoms with Gasteiger partial charge in [0.2, 0.25) is 5.91 Å². The van der Waals surface area contributed by atoms with Gasteiger partial charge in [0.05, 0.1) is 5.69 Å². The molecule has 1 saturated heterocycles. The van der Waals surface area contributed by atoms with Crippen molar-refractivity contribution >= 4 is 40.3 Å². The number of ether oxygens (including phenoxy) is 1. The second-order valence-electron chi connectivity index (χ2n) is 8.92. The molecule has 1 aliphatic rings. The lowest BCUT2D eigenvalue weighted by Gasteiger charge is -2.35. The fourth-order valence-corrected chi connectivity index (χ4v) is 4.41. The third-order valence-corrected chi connectivity index (χ3v) is 6.30. The van der Waals surface area contributed by atoms with E-state index < -0.39 is 0 Å². The topological polar surface area (TPSA) is 115 Å². The van der Waals surface area contributed by atoms with Crippen LogP contribution in [0, 0.1) is 13.8 Å². The number of benzene rings is 1. The number of amides is 1. The molecule has 0 aliphatic carbocycles. The molecule has 0 radical (unpaired) electrons. The number of nitrogens with one attached hydrogen (secondary N) is 3. The first kappa shape index (κ1) is 23.4. The number of aromatic amines is 2. The fraction of sp³-hybridized carbons (Fsp3) is 0.308. The fourth-order valence-electron chi connectivity index (χ4n) is 4.41. The quantitative estimate of drug-likeness (QED) is 0.367. The summed E-state index contributed by atoms with van der Waals surface area (Å²) in [5, 5.41) is 11.7. The van der Waals surface area contributed by atoms with Crippen molar-refractivity contribution in [1.82, 2.24) is 30.0 Å². The number of carbonyl (C=O) groups excluding carboxylic acids is 1. The van der Waals surface area contributed by atoms with Crippen LogP contribution in [0.25, 0.3) is 17.0 Å². The van der Waals surface area contributed by atoms with Crippen molar-refractivity contribution in [2.24, 2.45) is 0 Å². The van der Waals surface area contributed by atoms with Gasteiger partial charge in [-0.2, -0.15) is 15.1 Å². The molecular weight excluding hydrogens is 456 g/mol. The first-order chi connectivity index (χ1) is 17.4. The summed E-state index contributed by atoms with van der Waals surface area (Å²) >= 11 is 0. The highest BCUT2D eigenvalue weighted by atomic mass is 16.5. The summed E-state index contributed by atoms with van der Waals surface area (Å²) in [4.78, 5) is 28.5. The van der Waals surface area contributed by atoms with Gasteiger partial charge in [0.1, 0.15) is 17.4 Å². The molecule has 1 fully saturated rings. The summed E-state index contributed by atoms with van der Waals surface area (Å²) in [5.41, 5.74) is 4.06. The van der Waals surface area contributed by atoms with Crippen molar-refractivity contribution in [3.63, 3.8) is 0 Å². The van der Waals surface area contributed by atoms with Crippen LogP contribution in [0.5, 0.6) is 11.8 Å². The summed E-state index contributed by atoms with van der Waals surface area (Å²) in [5.74, 6) is 2.72. The van der Waals surface area contributed by atoms with E-state index in [0.29, 0.717) is 43.6 Å². The second-order valence-corrected chi connectivity index (χ2v) is 8.92. The minimum Gasteiger partial charge on any atom is -0.424 e. The highest BCUT2D eigenvalue weighted by molar-refractivity contribution is 5.86. The standard InChI is InChI=1S/C26H30N8O2/c1-5-6-19-14-24(32-31-19)28-23-15-25(34-11-9-33(10-12-34)18(4)35)30-26(29-23)36-22-8-7-21-20(17(22)3)13-16(2)27-21/h5-8,13-15,27H,9-12H2,1-4H3,(H2,28,29,30,31,32)/b6-5+. The Balaban J connectivity index is 1.46. The zero-order chi connectivity index (χ0) is 25.2. The number of aromatic nitrogens is 5. The molecule has 36 heavy (non-hydrogen) atoms. The smallest absolute Gasteiger partial charge is 0.325 e. The molecule has 4 aromatic rings. The van der Waals surface area contributed by atoms with E-state index in [4.69, 9.17) is 9.72 Å². The summed E-state index contributed by atoms with van der Waals surface area (Å²) in [6.07, 6.45) is 3.88. The third kappa shape index (κ3) is 4.88. The number of hydrogen-bond donors (Lipinski definition) is 3. The summed E-state index contributed by atoms with van der Waals surface area (Å²) in [7, 11) is 0. The molecule has 3 N–H and O–H groups in total. The molecule has 10 heteroatoms. The van der Waals surface area contributed by atoms with Crippen molar-refractivity contribution in [1.29, 1.82) is 0 Å². The molecule has 1 amide bonds. The van der Waals surface area contributed by atoms with Crippen molar-refractivity contribution in [2.75, 3.05) is 36.4 Å². The monoisotopic (exact) mass is 486 g/mol. The normalized spacial score (nSPS) is 14.1. The molecule has 186 valence electrons. The molecule has 3 aromatic heterocycles. The Hall–Kier alpha value is -4.34. The number of carbonyl (C=O) groups is 1. The van der Waals surface area contributed by atoms with E-state index in [-0.39, 0.29) is 11.9 Å². The van der Waals surface area contributed by atoms with Gasteiger partial charge in [0.15, 0.2) is 5.82 Å². The van der Waals surface area contributed by atoms with Crippen LogP contribution >= 0.6 is 0 Å². The molecular formula is C26H30N8O2. The summed E-state index contributed by atoms with van der Waals surface area (Å²) < 4.78 is 6.23. The van der Waals surface area contributed by atoms with E-state index in [2.05, 4.69) is 36.4 Å². The lowest BCUT2D eigenvalue weighted by Crippen LogP contribution is -2.48. The molecule has 0 unspecified atom stereocenters. The van der Waals surface area contributed by atoms with E-state index in [1.165, 1.54) is 0 Å². The van der Waals surface area contributed by atoms with Gasteiger partial charge in [-0.05, 0) is 45.0 Å². The van der Waals surface area contributed by atoms with Gasteiger partial charge < -0.3 is 24.8 Å². The van der Waals surface area contributed by atoms with Crippen LogP contribution in [-0.2, 0) is 4.79 Å². The van der Waals surface area contributed by atoms with Crippen LogP contribution in [-0.4, -0.2) is 62.1 Å². The number of piperazine rings is 1. The maximum Gasteiger partial charge on any atom is 0.325 e. The molecule has 10 nitrogen and oxygen atoms in total. The van der Waals surface area contributed by atoms with Crippen LogP contribution in [0.3, 0.4) is 0 Å². The Morgan fingerprint density at radius 1 is 1.08 bits per heavy atom. The maximum absolute atomic E-state index is 11.8. The van der Waals surface area contributed by atoms with Crippen molar-refractivity contribution in [3.05, 3.63) is 53.4 Å². The van der Waals surface area contributed by atoms with Gasteiger partial charge in [0, 0.05) is 67.4 Å². The SMILES string of the molecule is C/C=C/c1cc(Nc2cc(N3CCN(C(C)=O)CC3)nc(Oc3ccc4[nH]c(C)cc4c3C)n2)n[nH]1. The van der Waals surface area contributed by atoms with Gasteiger partial charge in [-0.25, -0.2) is 0 Å². The molecule has 5 rings (SSSR count). The van der Waals surface area contributed by atoms with Crippen LogP contribution in [0.4, 0.5) is 17.5 Å². The number of anilines is 3. The zero-order valence-corrected chi connectivity index (χ0v) is 20.9. The number of nitrogens with zero attached hydrogens (tertiary/aromatic N) is 5. The Bertz CT molecular complexity index is 1430. The lowest BCUT2D eigenvalue weighted by atomic mass is 10.1. The second kappa shape index (κ2) is 9.73. The van der Waals surface area contributed by atoms with Crippen molar-refractivity contribution in [2.45, 2.75) is 27.7 Å². The van der Waals surface area contributed by atoms with Gasteiger partial charge in [0.25, 0.3) is 0 Å². The summed E-state index contributed by atoms with van der Waals surface area (Å²) in [6.45, 7) is 10.3. The first-order valence-electron chi connectivity index (χ1n) is 12.0. The first-order valence-corrected chi connectivity index (χ1v) is 12.0. The third-order valence-electron chi connectivity index (χ3n) is 6.30. The van der Waals surface area contributed by atoms with Gasteiger partial charge >= 0.3 is 6.01 Å². The van der Waals surface area contributed by atoms with E-state index in [9.17, 15) is 4.79 Å². The Morgan fingerprint density at radius 2 is 1.89 bits per heavy atom. The largest absolute Gasteiger partial charge is 0.424 e. The Labute approximate surface area is 209 Å². The highest BCUT2D eigenvalue weighted by Crippen LogP contribution is 2.32. The molecule has 0 saturated carbocycles. The maximum atomic E-state index is 11.8. The number of aryl methyl sites for hydroxylation is 2. The van der Waals surface area contributed by atoms with Crippen molar-refractivity contribution < 1.29 is 9.53 Å². The van der Waals surface area contributed by atoms with Crippen molar-refractivity contribution in [3.8, 4) is 11.8 Å². The zero-order valence-electron chi connectivity index (χ0n) is 20.9. The molecule has 0 atom stereocenters. The van der Waals surface area contributed by atoms with Crippen LogP contribution in [0.15, 0.2) is 36.4 Å². The van der Waals surface area contributed by atoms with Gasteiger partial charge in [-0.15, -0.1) is 0 Å². The average Bonchev–Trinajstić information content (AvgIpc) is 3.47. The molecule has 0 bridgehead atoms. The Kier molecular flexibility index (Phi) is 6.32. The lowest BCUT2D eigenvalue weighted by molar-refractivity contribution is -0.129. The van der Waals surface area contributed by atoms with E-state index >= 15 is 0 Å². The van der Waals surface area contributed by atoms with E-state index in [0.717, 1.165) is 33.7 Å². The molecule has 4 heterocycles. The highest BCUT2D eigenvalue weighted by Gasteiger charge is 2.22. The number of H-pyrrole nitrogens is 2. The van der Waals surface area contributed by atoms with Crippen LogP contribution in [0.2, 0.25) is 0 Å². The van der Waals surface area contributed by atoms with Gasteiger partial charge in [-0.1, -0.05) is 6.08 Å². The van der Waals surface area contributed by atoms with Crippen LogP contribution in [0.1, 0.15) is 30.8 Å². The molecule has 1 aromatic carbocycles. The predicted octanol–water partition coefficient (Wildman–Crippen LogP) is 4.54. The Morgan fingerprint density at radius 3 is 2.64 bits per heavy atom. The average molecular weight is 487 g/mol. The number of hydrogen-bond acceptors (Lipinski definition) is 7. The summed E-state index contributed by atoms with van der Waals surface area (Å²) in [6, 6.07) is 10.1. The molecule has 0 spiro atoms. The van der Waals surface area contributed by atoms with E-state index in [1.54, 1.807) is 6.92 Å². The number of rotatable bonds is 6. The number of fused-ring (bicyclic) bond motifs is 1. The van der Waals surface area contributed by atoms with E-state index in [1.807, 2.05) is 62.1 Å². The minimum atomic E-state index is 0.0880.